The van der Waals surface area contributed by atoms with E-state index in [1.165, 1.54) is 6.08 Å². The predicted octanol–water partition coefficient (Wildman–Crippen LogP) is -4.85. The molecule has 0 radical (unpaired) electrons. The van der Waals surface area contributed by atoms with E-state index in [4.69, 9.17) is 20.3 Å². The fraction of sp³-hybridized carbons (Fsp3) is 0.846. The maximum absolute atomic E-state index is 9.87. The molecule has 0 aromatic heterocycles. The van der Waals surface area contributed by atoms with Gasteiger partial charge in [-0.15, -0.1) is 0 Å². The Kier molecular flexibility index (Phi) is 6.08. The molecule has 2 aliphatic rings. The van der Waals surface area contributed by atoms with Crippen LogP contribution in [0.5, 0.6) is 0 Å². The lowest BCUT2D eigenvalue weighted by Gasteiger charge is -2.40. The van der Waals surface area contributed by atoms with Gasteiger partial charge in [-0.25, -0.2) is 0 Å². The number of hydrogen-bond donors (Lipinski definition) is 8. The van der Waals surface area contributed by atoms with E-state index < -0.39 is 61.7 Å². The number of hydrogen-bond acceptors (Lipinski definition) is 10. The van der Waals surface area contributed by atoms with Crippen LogP contribution < -0.4 is 5.73 Å². The Morgan fingerprint density at radius 3 is 2.22 bits per heavy atom. The summed E-state index contributed by atoms with van der Waals surface area (Å²) in [5.74, 6) is 0. The summed E-state index contributed by atoms with van der Waals surface area (Å²) in [5.41, 5.74) is 5.77. The Hall–Kier alpha value is -0.660. The third kappa shape index (κ3) is 3.72. The fourth-order valence-electron chi connectivity index (χ4n) is 2.60. The molecule has 1 heterocycles. The van der Waals surface area contributed by atoms with Gasteiger partial charge < -0.3 is 51.0 Å². The van der Waals surface area contributed by atoms with Crippen molar-refractivity contribution < 1.29 is 45.2 Å². The molecule has 0 aromatic rings. The third-order valence-corrected chi connectivity index (χ3v) is 4.12. The molecule has 2 rings (SSSR count). The van der Waals surface area contributed by atoms with E-state index in [1.807, 2.05) is 0 Å². The van der Waals surface area contributed by atoms with E-state index in [9.17, 15) is 30.6 Å². The number of aliphatic hydroxyl groups excluding tert-OH is 7. The molecule has 1 fully saturated rings. The van der Waals surface area contributed by atoms with Crippen molar-refractivity contribution in [2.45, 2.75) is 55.1 Å². The van der Waals surface area contributed by atoms with E-state index in [1.54, 1.807) is 0 Å². The summed E-state index contributed by atoms with van der Waals surface area (Å²) in [4.78, 5) is 0. The van der Waals surface area contributed by atoms with Crippen LogP contribution in [0.15, 0.2) is 11.6 Å². The number of rotatable bonds is 4. The van der Waals surface area contributed by atoms with Crippen LogP contribution in [0, 0.1) is 0 Å². The second-order valence-corrected chi connectivity index (χ2v) is 5.75. The summed E-state index contributed by atoms with van der Waals surface area (Å²) < 4.78 is 10.4. The zero-order chi connectivity index (χ0) is 17.3. The summed E-state index contributed by atoms with van der Waals surface area (Å²) in [5, 5.41) is 67.3. The molecule has 1 aliphatic carbocycles. The Bertz CT molecular complexity index is 432. The molecule has 9 atom stereocenters. The molecule has 1 saturated heterocycles. The highest BCUT2D eigenvalue weighted by molar-refractivity contribution is 5.21. The number of ether oxygens (including phenoxy) is 2. The normalized spacial score (nSPS) is 48.2. The first-order valence-electron chi connectivity index (χ1n) is 7.20. The molecule has 0 amide bonds. The topological polar surface area (TPSA) is 186 Å². The monoisotopic (exact) mass is 337 g/mol. The summed E-state index contributed by atoms with van der Waals surface area (Å²) in [6.07, 6.45) is -10.0. The van der Waals surface area contributed by atoms with Gasteiger partial charge >= 0.3 is 0 Å². The van der Waals surface area contributed by atoms with E-state index in [2.05, 4.69) is 0 Å². The van der Waals surface area contributed by atoms with Gasteiger partial charge in [0.25, 0.3) is 0 Å². The summed E-state index contributed by atoms with van der Waals surface area (Å²) in [6, 6.07) is -0.901. The summed E-state index contributed by atoms with van der Waals surface area (Å²) in [7, 11) is 0. The van der Waals surface area contributed by atoms with Gasteiger partial charge in [0.1, 0.15) is 42.7 Å². The minimum Gasteiger partial charge on any atom is -0.394 e. The molecular formula is C13H23NO9. The first-order valence-corrected chi connectivity index (χ1v) is 7.20. The van der Waals surface area contributed by atoms with Crippen LogP contribution >= 0.6 is 0 Å². The Balaban J connectivity index is 2.01. The highest BCUT2D eigenvalue weighted by atomic mass is 16.7. The molecule has 0 spiro atoms. The van der Waals surface area contributed by atoms with Crippen molar-refractivity contribution >= 4 is 0 Å². The fourth-order valence-corrected chi connectivity index (χ4v) is 2.60. The molecule has 23 heavy (non-hydrogen) atoms. The first kappa shape index (κ1) is 18.7. The first-order chi connectivity index (χ1) is 10.8. The zero-order valence-corrected chi connectivity index (χ0v) is 12.2. The van der Waals surface area contributed by atoms with Crippen molar-refractivity contribution in [1.82, 2.24) is 0 Å². The van der Waals surface area contributed by atoms with Crippen LogP contribution in [0.3, 0.4) is 0 Å². The Labute approximate surface area is 132 Å². The quantitative estimate of drug-likeness (QED) is 0.231. The molecule has 1 aliphatic heterocycles. The summed E-state index contributed by atoms with van der Waals surface area (Å²) in [6.45, 7) is -0.896. The maximum Gasteiger partial charge on any atom is 0.187 e. The van der Waals surface area contributed by atoms with Gasteiger partial charge in [0, 0.05) is 0 Å². The van der Waals surface area contributed by atoms with Gasteiger partial charge in [0.15, 0.2) is 6.29 Å². The van der Waals surface area contributed by atoms with Crippen molar-refractivity contribution in [2.75, 3.05) is 13.2 Å². The van der Waals surface area contributed by atoms with Crippen LogP contribution in [-0.2, 0) is 9.47 Å². The maximum atomic E-state index is 9.87. The second kappa shape index (κ2) is 7.49. The molecule has 9 N–H and O–H groups in total. The highest BCUT2D eigenvalue weighted by Gasteiger charge is 2.44. The van der Waals surface area contributed by atoms with Gasteiger partial charge in [-0.1, -0.05) is 6.08 Å². The minimum atomic E-state index is -1.58. The Morgan fingerprint density at radius 1 is 0.957 bits per heavy atom. The van der Waals surface area contributed by atoms with Gasteiger partial charge in [0.2, 0.25) is 0 Å². The smallest absolute Gasteiger partial charge is 0.187 e. The summed E-state index contributed by atoms with van der Waals surface area (Å²) >= 11 is 0. The number of aliphatic hydroxyl groups is 7. The molecular weight excluding hydrogens is 314 g/mol. The van der Waals surface area contributed by atoms with Crippen LogP contribution in [0.1, 0.15) is 0 Å². The van der Waals surface area contributed by atoms with Crippen molar-refractivity contribution in [3.05, 3.63) is 11.6 Å². The van der Waals surface area contributed by atoms with Gasteiger partial charge in [0.05, 0.1) is 19.3 Å². The van der Waals surface area contributed by atoms with Gasteiger partial charge in [-0.05, 0) is 5.57 Å². The molecule has 0 bridgehead atoms. The van der Waals surface area contributed by atoms with Crippen molar-refractivity contribution in [3.63, 3.8) is 0 Å². The van der Waals surface area contributed by atoms with Crippen LogP contribution in [0.4, 0.5) is 0 Å². The van der Waals surface area contributed by atoms with Gasteiger partial charge in [-0.3, -0.25) is 0 Å². The van der Waals surface area contributed by atoms with E-state index >= 15 is 0 Å². The largest absolute Gasteiger partial charge is 0.394 e. The SMILES string of the molecule is N[C@H]1C=C(CO[C@H]2O[C@H](CO)[C@@H](O)[C@H](O)[C@H]2O)[C@@H](O)[C@H](O)[C@H]1O. The third-order valence-electron chi connectivity index (χ3n) is 4.12. The van der Waals surface area contributed by atoms with E-state index in [0.717, 1.165) is 0 Å². The molecule has 10 heteroatoms. The van der Waals surface area contributed by atoms with Crippen LogP contribution in [-0.4, -0.2) is 104 Å². The Morgan fingerprint density at radius 2 is 1.61 bits per heavy atom. The van der Waals surface area contributed by atoms with E-state index in [0.29, 0.717) is 0 Å². The van der Waals surface area contributed by atoms with Crippen molar-refractivity contribution in [2.24, 2.45) is 5.73 Å². The molecule has 0 saturated carbocycles. The number of nitrogens with two attached hydrogens (primary N) is 1. The minimum absolute atomic E-state index is 0.173. The molecule has 10 nitrogen and oxygen atoms in total. The highest BCUT2D eigenvalue weighted by Crippen LogP contribution is 2.24. The lowest BCUT2D eigenvalue weighted by atomic mass is 9.89. The zero-order valence-electron chi connectivity index (χ0n) is 12.2. The lowest BCUT2D eigenvalue weighted by Crippen LogP contribution is -2.59. The average Bonchev–Trinajstić information content (AvgIpc) is 2.54. The van der Waals surface area contributed by atoms with Crippen molar-refractivity contribution in [1.29, 1.82) is 0 Å². The average molecular weight is 337 g/mol. The van der Waals surface area contributed by atoms with Gasteiger partial charge in [-0.2, -0.15) is 0 Å². The standard InChI is InChI=1S/C13H23NO9/c14-5-1-4(7(16)10(19)8(5)17)3-22-13-12(21)11(20)9(18)6(2-15)23-13/h1,5-13,15-21H,2-3,14H2/t5-,6+,7+,8-,9+,10-,11-,12+,13-/m0/s1. The van der Waals surface area contributed by atoms with Crippen molar-refractivity contribution in [3.8, 4) is 0 Å². The lowest BCUT2D eigenvalue weighted by molar-refractivity contribution is -0.299. The second-order valence-electron chi connectivity index (χ2n) is 5.75. The molecule has 0 unspecified atom stereocenters. The van der Waals surface area contributed by atoms with Crippen LogP contribution in [0.25, 0.3) is 0 Å². The van der Waals surface area contributed by atoms with E-state index in [-0.39, 0.29) is 12.2 Å². The predicted molar refractivity (Wildman–Crippen MR) is 73.8 cm³/mol. The molecule has 0 aromatic carbocycles. The van der Waals surface area contributed by atoms with Crippen LogP contribution in [0.2, 0.25) is 0 Å². The molecule has 134 valence electrons.